The fraction of sp³-hybridized carbons (Fsp3) is 1.00. The zero-order valence-corrected chi connectivity index (χ0v) is 7.58. The smallest absolute Gasteiger partial charge is 0.0828 e. The molecule has 0 aromatic heterocycles. The van der Waals surface area contributed by atoms with Crippen molar-refractivity contribution in [2.75, 3.05) is 20.1 Å². The Hall–Kier alpha value is -0.120. The van der Waals surface area contributed by atoms with Gasteiger partial charge in [-0.15, -0.1) is 0 Å². The Kier molecular flexibility index (Phi) is 2.87. The summed E-state index contributed by atoms with van der Waals surface area (Å²) >= 11 is 0. The molecule has 0 radical (unpaired) electrons. The minimum Gasteiger partial charge on any atom is -0.371 e. The van der Waals surface area contributed by atoms with Crippen LogP contribution in [0.3, 0.4) is 0 Å². The van der Waals surface area contributed by atoms with Crippen molar-refractivity contribution < 1.29 is 4.74 Å². The highest BCUT2D eigenvalue weighted by molar-refractivity contribution is 4.80. The van der Waals surface area contributed by atoms with Crippen LogP contribution in [0.1, 0.15) is 13.8 Å². The van der Waals surface area contributed by atoms with Crippen molar-refractivity contribution in [2.45, 2.75) is 32.1 Å². The van der Waals surface area contributed by atoms with Crippen LogP contribution in [0.2, 0.25) is 0 Å². The van der Waals surface area contributed by atoms with E-state index in [1.165, 1.54) is 0 Å². The second-order valence-corrected chi connectivity index (χ2v) is 3.38. The zero-order valence-electron chi connectivity index (χ0n) is 7.58. The quantitative estimate of drug-likeness (QED) is 0.586. The second kappa shape index (κ2) is 3.52. The van der Waals surface area contributed by atoms with E-state index in [4.69, 9.17) is 10.5 Å². The molecule has 0 amide bonds. The summed E-state index contributed by atoms with van der Waals surface area (Å²) in [5, 5.41) is 0. The summed E-state index contributed by atoms with van der Waals surface area (Å²) in [6, 6.07) is 0.512. The van der Waals surface area contributed by atoms with Crippen molar-refractivity contribution in [2.24, 2.45) is 5.73 Å². The summed E-state index contributed by atoms with van der Waals surface area (Å²) in [4.78, 5) is 2.30. The molecule has 1 aliphatic rings. The topological polar surface area (TPSA) is 38.5 Å². The van der Waals surface area contributed by atoms with E-state index in [0.29, 0.717) is 18.7 Å². The third kappa shape index (κ3) is 1.92. The molecular weight excluding hydrogens is 140 g/mol. The molecule has 1 fully saturated rings. The second-order valence-electron chi connectivity index (χ2n) is 3.38. The lowest BCUT2D eigenvalue weighted by Gasteiger charge is -2.39. The molecule has 2 N–H and O–H groups in total. The molecule has 0 aromatic rings. The van der Waals surface area contributed by atoms with Crippen molar-refractivity contribution in [1.82, 2.24) is 4.90 Å². The summed E-state index contributed by atoms with van der Waals surface area (Å²) in [5.41, 5.74) is 5.52. The first-order valence-electron chi connectivity index (χ1n) is 4.21. The van der Waals surface area contributed by atoms with Gasteiger partial charge in [0.1, 0.15) is 0 Å². The Morgan fingerprint density at radius 2 is 2.18 bits per heavy atom. The highest BCUT2D eigenvalue weighted by Crippen LogP contribution is 2.14. The van der Waals surface area contributed by atoms with Crippen molar-refractivity contribution in [3.63, 3.8) is 0 Å². The molecule has 0 aliphatic carbocycles. The lowest BCUT2D eigenvalue weighted by atomic mass is 10.1. The molecule has 0 spiro atoms. The summed E-state index contributed by atoms with van der Waals surface area (Å²) in [6.07, 6.45) is 0.536. The SMILES string of the molecule is CC1OC(CN)CN(C)C1C. The molecule has 1 rings (SSSR count). The van der Waals surface area contributed by atoms with E-state index in [9.17, 15) is 0 Å². The minimum atomic E-state index is 0.228. The van der Waals surface area contributed by atoms with Crippen LogP contribution in [0, 0.1) is 0 Å². The minimum absolute atomic E-state index is 0.228. The van der Waals surface area contributed by atoms with Gasteiger partial charge in [-0.05, 0) is 20.9 Å². The molecule has 0 aromatic carbocycles. The number of hydrogen-bond donors (Lipinski definition) is 1. The highest BCUT2D eigenvalue weighted by atomic mass is 16.5. The van der Waals surface area contributed by atoms with Crippen molar-refractivity contribution in [3.05, 3.63) is 0 Å². The van der Waals surface area contributed by atoms with Gasteiger partial charge in [0, 0.05) is 19.1 Å². The maximum absolute atomic E-state index is 5.65. The molecule has 1 heterocycles. The molecule has 3 nitrogen and oxygen atoms in total. The van der Waals surface area contributed by atoms with Crippen molar-refractivity contribution >= 4 is 0 Å². The van der Waals surface area contributed by atoms with Gasteiger partial charge in [0.2, 0.25) is 0 Å². The largest absolute Gasteiger partial charge is 0.371 e. The average molecular weight is 158 g/mol. The fourth-order valence-corrected chi connectivity index (χ4v) is 1.44. The van der Waals surface area contributed by atoms with E-state index in [-0.39, 0.29) is 6.10 Å². The van der Waals surface area contributed by atoms with E-state index in [0.717, 1.165) is 6.54 Å². The monoisotopic (exact) mass is 158 g/mol. The molecular formula is C8H18N2O. The van der Waals surface area contributed by atoms with Gasteiger partial charge in [-0.2, -0.15) is 0 Å². The Balaban J connectivity index is 2.47. The van der Waals surface area contributed by atoms with Crippen LogP contribution in [0.25, 0.3) is 0 Å². The molecule has 1 saturated heterocycles. The lowest BCUT2D eigenvalue weighted by Crippen LogP contribution is -2.52. The van der Waals surface area contributed by atoms with Gasteiger partial charge in [-0.3, -0.25) is 4.90 Å². The third-order valence-electron chi connectivity index (χ3n) is 2.54. The van der Waals surface area contributed by atoms with Gasteiger partial charge in [-0.1, -0.05) is 0 Å². The van der Waals surface area contributed by atoms with Gasteiger partial charge in [-0.25, -0.2) is 0 Å². The predicted octanol–water partition coefficient (Wildman–Crippen LogP) is 0.0527. The molecule has 66 valence electrons. The number of likely N-dealkylation sites (N-methyl/N-ethyl adjacent to an activating group) is 1. The molecule has 1 aliphatic heterocycles. The Morgan fingerprint density at radius 1 is 1.55 bits per heavy atom. The molecule has 3 atom stereocenters. The Bertz CT molecular complexity index is 117. The van der Waals surface area contributed by atoms with Gasteiger partial charge in [0.05, 0.1) is 12.2 Å². The van der Waals surface area contributed by atoms with Crippen molar-refractivity contribution in [1.29, 1.82) is 0 Å². The summed E-state index contributed by atoms with van der Waals surface area (Å²) in [5.74, 6) is 0. The molecule has 0 bridgehead atoms. The van der Waals surface area contributed by atoms with E-state index < -0.39 is 0 Å². The van der Waals surface area contributed by atoms with Crippen LogP contribution in [0.4, 0.5) is 0 Å². The average Bonchev–Trinajstić information content (AvgIpc) is 1.99. The van der Waals surface area contributed by atoms with E-state index in [2.05, 4.69) is 25.8 Å². The first kappa shape index (κ1) is 8.97. The van der Waals surface area contributed by atoms with Gasteiger partial charge < -0.3 is 10.5 Å². The third-order valence-corrected chi connectivity index (χ3v) is 2.54. The van der Waals surface area contributed by atoms with Crippen LogP contribution < -0.4 is 5.73 Å². The summed E-state index contributed by atoms with van der Waals surface area (Å²) in [6.45, 7) is 5.86. The van der Waals surface area contributed by atoms with Crippen LogP contribution >= 0.6 is 0 Å². The van der Waals surface area contributed by atoms with E-state index >= 15 is 0 Å². The van der Waals surface area contributed by atoms with Crippen LogP contribution in [-0.2, 0) is 4.74 Å². The number of morpholine rings is 1. The van der Waals surface area contributed by atoms with Crippen molar-refractivity contribution in [3.8, 4) is 0 Å². The van der Waals surface area contributed by atoms with Gasteiger partial charge in [0.15, 0.2) is 0 Å². The number of rotatable bonds is 1. The van der Waals surface area contributed by atoms with E-state index in [1.54, 1.807) is 0 Å². The maximum atomic E-state index is 5.65. The molecule has 3 heteroatoms. The lowest BCUT2D eigenvalue weighted by molar-refractivity contribution is -0.0941. The maximum Gasteiger partial charge on any atom is 0.0828 e. The number of nitrogens with two attached hydrogens (primary N) is 1. The normalized spacial score (nSPS) is 40.9. The zero-order chi connectivity index (χ0) is 8.43. The van der Waals surface area contributed by atoms with Crippen LogP contribution in [0.15, 0.2) is 0 Å². The first-order chi connectivity index (χ1) is 5.15. The van der Waals surface area contributed by atoms with E-state index in [1.807, 2.05) is 0 Å². The van der Waals surface area contributed by atoms with Crippen LogP contribution in [0.5, 0.6) is 0 Å². The van der Waals surface area contributed by atoms with Gasteiger partial charge >= 0.3 is 0 Å². The summed E-state index contributed by atoms with van der Waals surface area (Å²) in [7, 11) is 2.12. The molecule has 0 saturated carbocycles. The number of ether oxygens (including phenoxy) is 1. The Labute approximate surface area is 68.5 Å². The van der Waals surface area contributed by atoms with Crippen LogP contribution in [-0.4, -0.2) is 43.3 Å². The molecule has 3 unspecified atom stereocenters. The highest BCUT2D eigenvalue weighted by Gasteiger charge is 2.27. The predicted molar refractivity (Wildman–Crippen MR) is 45.5 cm³/mol. The van der Waals surface area contributed by atoms with Gasteiger partial charge in [0.25, 0.3) is 0 Å². The first-order valence-corrected chi connectivity index (χ1v) is 4.21. The fourth-order valence-electron chi connectivity index (χ4n) is 1.44. The summed E-state index contributed by atoms with van der Waals surface area (Å²) < 4.78 is 5.65. The number of nitrogens with zero attached hydrogens (tertiary/aromatic N) is 1. The number of hydrogen-bond acceptors (Lipinski definition) is 3. The standard InChI is InChI=1S/C8H18N2O/c1-6-7(2)11-8(4-9)5-10(6)3/h6-8H,4-5,9H2,1-3H3. The Morgan fingerprint density at radius 3 is 2.64 bits per heavy atom. The molecule has 11 heavy (non-hydrogen) atoms.